The lowest BCUT2D eigenvalue weighted by Gasteiger charge is -2.36. The van der Waals surface area contributed by atoms with Crippen molar-refractivity contribution in [1.82, 2.24) is 20.0 Å². The molecule has 0 aromatic rings. The summed E-state index contributed by atoms with van der Waals surface area (Å²) in [6.45, 7) is 15.1. The van der Waals surface area contributed by atoms with Crippen molar-refractivity contribution in [3.63, 3.8) is 0 Å². The zero-order chi connectivity index (χ0) is 18.8. The Balaban J connectivity index is 2.59. The minimum absolute atomic E-state index is 0.0127. The van der Waals surface area contributed by atoms with Crippen molar-refractivity contribution in [1.29, 1.82) is 0 Å². The number of aliphatic hydroxyl groups excluding tert-OH is 1. The van der Waals surface area contributed by atoms with Gasteiger partial charge in [0.25, 0.3) is 0 Å². The molecule has 0 aromatic carbocycles. The first-order valence-electron chi connectivity index (χ1n) is 9.89. The molecule has 6 nitrogen and oxygen atoms in total. The molecule has 1 fully saturated rings. The van der Waals surface area contributed by atoms with E-state index in [2.05, 4.69) is 49.9 Å². The van der Waals surface area contributed by atoms with Gasteiger partial charge in [-0.2, -0.15) is 0 Å². The number of amides is 2. The Bertz CT molecular complexity index is 368. The maximum absolute atomic E-state index is 12.7. The summed E-state index contributed by atoms with van der Waals surface area (Å²) in [6.07, 6.45) is 1.94. The van der Waals surface area contributed by atoms with Crippen LogP contribution in [0.3, 0.4) is 0 Å². The zero-order valence-electron chi connectivity index (χ0n) is 17.0. The van der Waals surface area contributed by atoms with Crippen LogP contribution in [0.2, 0.25) is 0 Å². The van der Waals surface area contributed by atoms with E-state index in [0.717, 1.165) is 45.6 Å². The van der Waals surface area contributed by atoms with Crippen LogP contribution in [0.4, 0.5) is 4.79 Å². The first-order valence-corrected chi connectivity index (χ1v) is 9.89. The Morgan fingerprint density at radius 2 is 1.72 bits per heavy atom. The van der Waals surface area contributed by atoms with Crippen LogP contribution in [-0.4, -0.2) is 91.3 Å². The third-order valence-corrected chi connectivity index (χ3v) is 4.79. The SMILES string of the molecule is CC(C)CCN(CCO)C(=O)N[C@H](CC(C)C)CN1CCN(C)CC1. The molecule has 0 bridgehead atoms. The predicted octanol–water partition coefficient (Wildman–Crippen LogP) is 1.70. The maximum atomic E-state index is 12.7. The molecule has 1 saturated heterocycles. The highest BCUT2D eigenvalue weighted by Crippen LogP contribution is 2.10. The van der Waals surface area contributed by atoms with Gasteiger partial charge in [0.1, 0.15) is 0 Å². The summed E-state index contributed by atoms with van der Waals surface area (Å²) in [6, 6.07) is 0.130. The second kappa shape index (κ2) is 11.7. The summed E-state index contributed by atoms with van der Waals surface area (Å²) in [5.41, 5.74) is 0. The average molecular weight is 357 g/mol. The minimum atomic E-state index is -0.0329. The van der Waals surface area contributed by atoms with Crippen LogP contribution < -0.4 is 5.32 Å². The summed E-state index contributed by atoms with van der Waals surface area (Å²) in [7, 11) is 2.16. The monoisotopic (exact) mass is 356 g/mol. The summed E-state index contributed by atoms with van der Waals surface area (Å²) in [5, 5.41) is 12.5. The fourth-order valence-corrected chi connectivity index (χ4v) is 3.21. The Morgan fingerprint density at radius 3 is 2.24 bits per heavy atom. The van der Waals surface area contributed by atoms with E-state index in [1.54, 1.807) is 4.90 Å². The first-order chi connectivity index (χ1) is 11.8. The summed E-state index contributed by atoms with van der Waals surface area (Å²) in [5.74, 6) is 1.09. The number of aliphatic hydroxyl groups is 1. The molecule has 2 N–H and O–H groups in total. The highest BCUT2D eigenvalue weighted by molar-refractivity contribution is 5.74. The predicted molar refractivity (Wildman–Crippen MR) is 104 cm³/mol. The van der Waals surface area contributed by atoms with Crippen LogP contribution in [-0.2, 0) is 0 Å². The average Bonchev–Trinajstić information content (AvgIpc) is 2.52. The summed E-state index contributed by atoms with van der Waals surface area (Å²) >= 11 is 0. The van der Waals surface area contributed by atoms with Gasteiger partial charge in [-0.25, -0.2) is 4.79 Å². The third-order valence-electron chi connectivity index (χ3n) is 4.79. The van der Waals surface area contributed by atoms with E-state index in [1.807, 2.05) is 0 Å². The fraction of sp³-hybridized carbons (Fsp3) is 0.947. The molecular formula is C19H40N4O2. The first kappa shape index (κ1) is 22.2. The van der Waals surface area contributed by atoms with Gasteiger partial charge in [-0.1, -0.05) is 27.7 Å². The lowest BCUT2D eigenvalue weighted by molar-refractivity contribution is 0.132. The highest BCUT2D eigenvalue weighted by atomic mass is 16.3. The van der Waals surface area contributed by atoms with Gasteiger partial charge < -0.3 is 20.2 Å². The van der Waals surface area contributed by atoms with Crippen molar-refractivity contribution in [2.75, 3.05) is 59.5 Å². The van der Waals surface area contributed by atoms with E-state index in [9.17, 15) is 9.90 Å². The van der Waals surface area contributed by atoms with Gasteiger partial charge in [-0.3, -0.25) is 4.90 Å². The van der Waals surface area contributed by atoms with Crippen LogP contribution in [0.15, 0.2) is 0 Å². The molecule has 148 valence electrons. The van der Waals surface area contributed by atoms with E-state index in [-0.39, 0.29) is 18.7 Å². The molecule has 0 aromatic heterocycles. The summed E-state index contributed by atoms with van der Waals surface area (Å²) in [4.78, 5) is 19.3. The molecule has 1 heterocycles. The van der Waals surface area contributed by atoms with Crippen LogP contribution in [0.1, 0.15) is 40.5 Å². The van der Waals surface area contributed by atoms with E-state index in [0.29, 0.717) is 24.9 Å². The van der Waals surface area contributed by atoms with Crippen molar-refractivity contribution in [2.24, 2.45) is 11.8 Å². The molecule has 0 unspecified atom stereocenters. The second-order valence-electron chi connectivity index (χ2n) is 8.27. The van der Waals surface area contributed by atoms with Gasteiger partial charge in [0.05, 0.1) is 6.61 Å². The molecule has 1 aliphatic heterocycles. The van der Waals surface area contributed by atoms with Crippen molar-refractivity contribution >= 4 is 6.03 Å². The van der Waals surface area contributed by atoms with Gasteiger partial charge in [0.2, 0.25) is 0 Å². The number of urea groups is 1. The number of likely N-dealkylation sites (N-methyl/N-ethyl adjacent to an activating group) is 1. The molecule has 0 spiro atoms. The topological polar surface area (TPSA) is 59.1 Å². The van der Waals surface area contributed by atoms with Crippen LogP contribution >= 0.6 is 0 Å². The Kier molecular flexibility index (Phi) is 10.4. The number of nitrogens with zero attached hydrogens (tertiary/aromatic N) is 3. The molecule has 0 aliphatic carbocycles. The molecule has 1 atom stereocenters. The van der Waals surface area contributed by atoms with E-state index in [4.69, 9.17) is 0 Å². The third kappa shape index (κ3) is 9.42. The fourth-order valence-electron chi connectivity index (χ4n) is 3.21. The van der Waals surface area contributed by atoms with E-state index in [1.165, 1.54) is 0 Å². The molecule has 6 heteroatoms. The molecule has 1 aliphatic rings. The standard InChI is InChI=1S/C19H40N4O2/c1-16(2)6-7-23(12-13-24)19(25)20-18(14-17(3)4)15-22-10-8-21(5)9-11-22/h16-18,24H,6-15H2,1-5H3,(H,20,25)/t18-/m1/s1. The maximum Gasteiger partial charge on any atom is 0.317 e. The van der Waals surface area contributed by atoms with Crippen molar-refractivity contribution in [3.05, 3.63) is 0 Å². The molecule has 1 rings (SSSR count). The number of hydrogen-bond donors (Lipinski definition) is 2. The lowest BCUT2D eigenvalue weighted by Crippen LogP contribution is -2.53. The number of rotatable bonds is 10. The minimum Gasteiger partial charge on any atom is -0.395 e. The number of carbonyl (C=O) groups excluding carboxylic acids is 1. The lowest BCUT2D eigenvalue weighted by atomic mass is 10.0. The van der Waals surface area contributed by atoms with Gasteiger partial charge in [0, 0.05) is 51.9 Å². The van der Waals surface area contributed by atoms with Crippen molar-refractivity contribution in [2.45, 2.75) is 46.6 Å². The molecule has 25 heavy (non-hydrogen) atoms. The van der Waals surface area contributed by atoms with Gasteiger partial charge >= 0.3 is 6.03 Å². The molecule has 2 amide bonds. The van der Waals surface area contributed by atoms with Crippen molar-refractivity contribution < 1.29 is 9.90 Å². The number of piperazine rings is 1. The van der Waals surface area contributed by atoms with E-state index < -0.39 is 0 Å². The Morgan fingerprint density at radius 1 is 1.08 bits per heavy atom. The van der Waals surface area contributed by atoms with Crippen LogP contribution in [0, 0.1) is 11.8 Å². The van der Waals surface area contributed by atoms with Crippen molar-refractivity contribution in [3.8, 4) is 0 Å². The van der Waals surface area contributed by atoms with E-state index >= 15 is 0 Å². The van der Waals surface area contributed by atoms with Gasteiger partial charge in [0.15, 0.2) is 0 Å². The number of nitrogens with one attached hydrogen (secondary N) is 1. The van der Waals surface area contributed by atoms with Gasteiger partial charge in [-0.15, -0.1) is 0 Å². The Labute approximate surface area is 154 Å². The molecule has 0 saturated carbocycles. The van der Waals surface area contributed by atoms with Crippen LogP contribution in [0.25, 0.3) is 0 Å². The quantitative estimate of drug-likeness (QED) is 0.625. The smallest absolute Gasteiger partial charge is 0.317 e. The molecular weight excluding hydrogens is 316 g/mol. The van der Waals surface area contributed by atoms with Gasteiger partial charge in [-0.05, 0) is 31.7 Å². The highest BCUT2D eigenvalue weighted by Gasteiger charge is 2.23. The molecule has 0 radical (unpaired) electrons. The largest absolute Gasteiger partial charge is 0.395 e. The summed E-state index contributed by atoms with van der Waals surface area (Å²) < 4.78 is 0. The Hall–Kier alpha value is -0.850. The zero-order valence-corrected chi connectivity index (χ0v) is 17.0. The number of carbonyl (C=O) groups is 1. The second-order valence-corrected chi connectivity index (χ2v) is 8.27. The number of hydrogen-bond acceptors (Lipinski definition) is 4. The normalized spacial score (nSPS) is 17.9. The van der Waals surface area contributed by atoms with Crippen LogP contribution in [0.5, 0.6) is 0 Å².